The maximum absolute atomic E-state index is 12.7. The SMILES string of the molecule is N=C(N)c1ccc(-c2cc(N3CCOC(C(=O)Nc4ccccc4)C3)nc(N)n2)cc1N. The summed E-state index contributed by atoms with van der Waals surface area (Å²) in [4.78, 5) is 23.3. The first kappa shape index (κ1) is 21.1. The lowest BCUT2D eigenvalue weighted by Crippen LogP contribution is -2.48. The molecule has 0 bridgehead atoms. The van der Waals surface area contributed by atoms with Gasteiger partial charge in [0.2, 0.25) is 5.95 Å². The van der Waals surface area contributed by atoms with Gasteiger partial charge in [-0.15, -0.1) is 0 Å². The number of aromatic nitrogens is 2. The van der Waals surface area contributed by atoms with E-state index in [-0.39, 0.29) is 17.7 Å². The Balaban J connectivity index is 1.54. The molecule has 1 saturated heterocycles. The van der Waals surface area contributed by atoms with Crippen molar-refractivity contribution in [3.8, 4) is 11.3 Å². The summed E-state index contributed by atoms with van der Waals surface area (Å²) in [6, 6.07) is 16.1. The van der Waals surface area contributed by atoms with E-state index in [0.29, 0.717) is 48.1 Å². The lowest BCUT2D eigenvalue weighted by atomic mass is 10.1. The smallest absolute Gasteiger partial charge is 0.255 e. The van der Waals surface area contributed by atoms with Crippen molar-refractivity contribution in [1.29, 1.82) is 5.41 Å². The highest BCUT2D eigenvalue weighted by Gasteiger charge is 2.28. The first-order valence-corrected chi connectivity index (χ1v) is 10.0. The van der Waals surface area contributed by atoms with Crippen LogP contribution in [0.5, 0.6) is 0 Å². The second-order valence-corrected chi connectivity index (χ2v) is 7.35. The molecule has 10 nitrogen and oxygen atoms in total. The van der Waals surface area contributed by atoms with Crippen LogP contribution in [0.25, 0.3) is 11.3 Å². The zero-order chi connectivity index (χ0) is 22.7. The second-order valence-electron chi connectivity index (χ2n) is 7.35. The van der Waals surface area contributed by atoms with Gasteiger partial charge in [0, 0.05) is 35.1 Å². The van der Waals surface area contributed by atoms with Gasteiger partial charge in [0.25, 0.3) is 5.91 Å². The van der Waals surface area contributed by atoms with Crippen molar-refractivity contribution in [2.75, 3.05) is 41.4 Å². The van der Waals surface area contributed by atoms with Gasteiger partial charge in [0.15, 0.2) is 6.10 Å². The lowest BCUT2D eigenvalue weighted by molar-refractivity contribution is -0.128. The number of carbonyl (C=O) groups excluding carboxylic acids is 1. The molecule has 1 unspecified atom stereocenters. The van der Waals surface area contributed by atoms with Gasteiger partial charge in [0.1, 0.15) is 11.7 Å². The number of hydrogen-bond acceptors (Lipinski definition) is 8. The summed E-state index contributed by atoms with van der Waals surface area (Å²) < 4.78 is 5.68. The van der Waals surface area contributed by atoms with Crippen LogP contribution in [0.4, 0.5) is 23.1 Å². The fourth-order valence-electron chi connectivity index (χ4n) is 3.49. The molecule has 0 saturated carbocycles. The lowest BCUT2D eigenvalue weighted by Gasteiger charge is -2.33. The van der Waals surface area contributed by atoms with Crippen molar-refractivity contribution < 1.29 is 9.53 Å². The monoisotopic (exact) mass is 432 g/mol. The van der Waals surface area contributed by atoms with Crippen molar-refractivity contribution in [2.45, 2.75) is 6.10 Å². The Labute approximate surface area is 184 Å². The molecule has 1 aliphatic heterocycles. The van der Waals surface area contributed by atoms with Crippen LogP contribution in [0.15, 0.2) is 54.6 Å². The maximum atomic E-state index is 12.7. The fourth-order valence-corrected chi connectivity index (χ4v) is 3.49. The van der Waals surface area contributed by atoms with E-state index in [0.717, 1.165) is 5.56 Å². The minimum atomic E-state index is -0.658. The predicted octanol–water partition coefficient (Wildman–Crippen LogP) is 1.44. The zero-order valence-corrected chi connectivity index (χ0v) is 17.3. The van der Waals surface area contributed by atoms with Crippen molar-refractivity contribution in [2.24, 2.45) is 5.73 Å². The molecule has 4 rings (SSSR count). The largest absolute Gasteiger partial charge is 0.398 e. The molecule has 0 spiro atoms. The molecule has 1 amide bonds. The summed E-state index contributed by atoms with van der Waals surface area (Å²) >= 11 is 0. The van der Waals surface area contributed by atoms with E-state index in [9.17, 15) is 4.79 Å². The van der Waals surface area contributed by atoms with E-state index in [2.05, 4.69) is 15.3 Å². The number of rotatable bonds is 5. The number of carbonyl (C=O) groups is 1. The first-order chi connectivity index (χ1) is 15.4. The standard InChI is InChI=1S/C22H24N8O2/c23-16-10-13(6-7-15(16)20(24)25)17-11-19(29-22(26)28-17)30-8-9-32-18(12-30)21(31)27-14-4-2-1-3-5-14/h1-7,10-11,18H,8-9,12,23H2,(H3,24,25)(H,27,31)(H2,26,28,29). The second kappa shape index (κ2) is 8.90. The quantitative estimate of drug-likeness (QED) is 0.229. The molecule has 1 aliphatic rings. The number of nitrogens with two attached hydrogens (primary N) is 3. The summed E-state index contributed by atoms with van der Waals surface area (Å²) in [5.41, 5.74) is 20.4. The van der Waals surface area contributed by atoms with Crippen LogP contribution in [-0.2, 0) is 9.53 Å². The van der Waals surface area contributed by atoms with Crippen LogP contribution in [0.3, 0.4) is 0 Å². The highest BCUT2D eigenvalue weighted by molar-refractivity contribution is 6.00. The fraction of sp³-hybridized carbons (Fsp3) is 0.182. The molecule has 2 aromatic carbocycles. The average molecular weight is 432 g/mol. The number of morpholine rings is 1. The zero-order valence-electron chi connectivity index (χ0n) is 17.3. The Morgan fingerprint density at radius 3 is 2.62 bits per heavy atom. The molecule has 1 aromatic heterocycles. The number of nitrogen functional groups attached to an aromatic ring is 3. The van der Waals surface area contributed by atoms with Crippen molar-refractivity contribution >= 4 is 34.9 Å². The first-order valence-electron chi connectivity index (χ1n) is 10.0. The number of hydrogen-bond donors (Lipinski definition) is 5. The van der Waals surface area contributed by atoms with Crippen molar-refractivity contribution in [1.82, 2.24) is 9.97 Å². The molecule has 0 radical (unpaired) electrons. The molecule has 1 fully saturated rings. The number of para-hydroxylation sites is 1. The van der Waals surface area contributed by atoms with E-state index in [1.54, 1.807) is 24.3 Å². The summed E-state index contributed by atoms with van der Waals surface area (Å²) in [6.45, 7) is 1.24. The van der Waals surface area contributed by atoms with Gasteiger partial charge in [0.05, 0.1) is 18.8 Å². The van der Waals surface area contributed by atoms with Crippen molar-refractivity contribution in [3.05, 3.63) is 60.2 Å². The van der Waals surface area contributed by atoms with Crippen LogP contribution in [-0.4, -0.2) is 47.5 Å². The number of nitrogens with zero attached hydrogens (tertiary/aromatic N) is 3. The Morgan fingerprint density at radius 2 is 1.91 bits per heavy atom. The Hall–Kier alpha value is -4.18. The van der Waals surface area contributed by atoms with Crippen LogP contribution in [0.2, 0.25) is 0 Å². The molecule has 0 aliphatic carbocycles. The third-order valence-corrected chi connectivity index (χ3v) is 5.09. The highest BCUT2D eigenvalue weighted by atomic mass is 16.5. The molecular weight excluding hydrogens is 408 g/mol. The Morgan fingerprint density at radius 1 is 1.12 bits per heavy atom. The van der Waals surface area contributed by atoms with E-state index in [1.807, 2.05) is 35.2 Å². The van der Waals surface area contributed by atoms with Gasteiger partial charge in [-0.3, -0.25) is 10.2 Å². The third kappa shape index (κ3) is 4.60. The van der Waals surface area contributed by atoms with Crippen LogP contribution >= 0.6 is 0 Å². The van der Waals surface area contributed by atoms with Gasteiger partial charge < -0.3 is 32.2 Å². The minimum absolute atomic E-state index is 0.100. The molecule has 1 atom stereocenters. The van der Waals surface area contributed by atoms with E-state index in [1.165, 1.54) is 0 Å². The topological polar surface area (TPSA) is 169 Å². The molecular formula is C22H24N8O2. The van der Waals surface area contributed by atoms with Crippen molar-refractivity contribution in [3.63, 3.8) is 0 Å². The molecule has 10 heteroatoms. The third-order valence-electron chi connectivity index (χ3n) is 5.09. The number of amidine groups is 1. The van der Waals surface area contributed by atoms with Crippen LogP contribution in [0, 0.1) is 5.41 Å². The number of anilines is 4. The number of nitrogens with one attached hydrogen (secondary N) is 2. The maximum Gasteiger partial charge on any atom is 0.255 e. The number of ether oxygens (including phenoxy) is 1. The highest BCUT2D eigenvalue weighted by Crippen LogP contribution is 2.27. The van der Waals surface area contributed by atoms with Gasteiger partial charge in [-0.25, -0.2) is 4.98 Å². The molecule has 2 heterocycles. The van der Waals surface area contributed by atoms with Crippen LogP contribution < -0.4 is 27.4 Å². The van der Waals surface area contributed by atoms with Crippen LogP contribution in [0.1, 0.15) is 5.56 Å². The summed E-state index contributed by atoms with van der Waals surface area (Å²) in [5, 5.41) is 10.4. The molecule has 3 aromatic rings. The minimum Gasteiger partial charge on any atom is -0.398 e. The summed E-state index contributed by atoms with van der Waals surface area (Å²) in [5.74, 6) is 0.354. The van der Waals surface area contributed by atoms with Gasteiger partial charge in [-0.2, -0.15) is 4.98 Å². The normalized spacial score (nSPS) is 15.9. The predicted molar refractivity (Wildman–Crippen MR) is 124 cm³/mol. The van der Waals surface area contributed by atoms with E-state index in [4.69, 9.17) is 27.3 Å². The summed E-state index contributed by atoms with van der Waals surface area (Å²) in [7, 11) is 0. The molecule has 32 heavy (non-hydrogen) atoms. The van der Waals surface area contributed by atoms with Gasteiger partial charge in [-0.05, 0) is 24.3 Å². The van der Waals surface area contributed by atoms with Gasteiger partial charge in [-0.1, -0.05) is 24.3 Å². The summed E-state index contributed by atoms with van der Waals surface area (Å²) in [6.07, 6.45) is -0.658. The van der Waals surface area contributed by atoms with E-state index < -0.39 is 6.10 Å². The molecule has 164 valence electrons. The molecule has 8 N–H and O–H groups in total. The number of benzene rings is 2. The Bertz CT molecular complexity index is 1150. The van der Waals surface area contributed by atoms with Gasteiger partial charge >= 0.3 is 0 Å². The number of amides is 1. The average Bonchev–Trinajstić information content (AvgIpc) is 2.79. The van der Waals surface area contributed by atoms with E-state index >= 15 is 0 Å². The Kier molecular flexibility index (Phi) is 5.86.